The Kier molecular flexibility index (Phi) is 13.7. The number of benzene rings is 3. The quantitative estimate of drug-likeness (QED) is 0.204. The summed E-state index contributed by atoms with van der Waals surface area (Å²) < 4.78 is 47.2. The number of methoxy groups -OCH3 is 1. The molecular weight excluding hydrogens is 639 g/mol. The van der Waals surface area contributed by atoms with Crippen molar-refractivity contribution in [2.45, 2.75) is 44.0 Å². The molecule has 1 amide bonds. The van der Waals surface area contributed by atoms with Crippen molar-refractivity contribution in [3.63, 3.8) is 0 Å². The molecule has 0 radical (unpaired) electrons. The molecule has 0 aliphatic carbocycles. The van der Waals surface area contributed by atoms with E-state index in [1.165, 1.54) is 25.4 Å². The lowest BCUT2D eigenvalue weighted by atomic mass is 9.83. The van der Waals surface area contributed by atoms with Gasteiger partial charge in [-0.1, -0.05) is 60.5 Å². The Morgan fingerprint density at radius 1 is 1.06 bits per heavy atom. The zero-order valence-electron chi connectivity index (χ0n) is 26.1. The summed E-state index contributed by atoms with van der Waals surface area (Å²) in [7, 11) is 4.13. The van der Waals surface area contributed by atoms with Crippen molar-refractivity contribution in [3.05, 3.63) is 95.2 Å². The molecule has 4 N–H and O–H groups in total. The monoisotopic (exact) mass is 675 g/mol. The number of amides is 1. The third-order valence-electron chi connectivity index (χ3n) is 7.41. The Labute approximate surface area is 276 Å². The van der Waals surface area contributed by atoms with Crippen LogP contribution >= 0.6 is 11.6 Å². The van der Waals surface area contributed by atoms with E-state index in [4.69, 9.17) is 21.5 Å². The van der Waals surface area contributed by atoms with Crippen LogP contribution in [-0.2, 0) is 14.3 Å². The first-order chi connectivity index (χ1) is 22.5. The third kappa shape index (κ3) is 10.2. The van der Waals surface area contributed by atoms with Crippen molar-refractivity contribution in [3.8, 4) is 16.9 Å². The maximum Gasteiger partial charge on any atom is 0.573 e. The molecule has 0 saturated heterocycles. The molecule has 252 valence electrons. The molecule has 0 spiro atoms. The van der Waals surface area contributed by atoms with Crippen molar-refractivity contribution in [1.29, 1.82) is 0 Å². The number of aliphatic hydroxyl groups excluding tert-OH is 1. The number of carbonyl (C=O) groups is 2. The Morgan fingerprint density at radius 3 is 2.47 bits per heavy atom. The largest absolute Gasteiger partial charge is 0.573 e. The number of hydroxylamine groups is 2. The van der Waals surface area contributed by atoms with E-state index in [0.29, 0.717) is 37.0 Å². The zero-order chi connectivity index (χ0) is 34.6. The summed E-state index contributed by atoms with van der Waals surface area (Å²) in [4.78, 5) is 21.7. The van der Waals surface area contributed by atoms with Gasteiger partial charge >= 0.3 is 6.36 Å². The Bertz CT molecular complexity index is 1580. The van der Waals surface area contributed by atoms with Gasteiger partial charge in [-0.15, -0.1) is 13.2 Å². The van der Waals surface area contributed by atoms with Crippen LogP contribution in [0.3, 0.4) is 0 Å². The van der Waals surface area contributed by atoms with Gasteiger partial charge in [0.2, 0.25) is 5.91 Å². The summed E-state index contributed by atoms with van der Waals surface area (Å²) in [6, 6.07) is 17.1. The van der Waals surface area contributed by atoms with E-state index in [2.05, 4.69) is 26.2 Å². The first kappa shape index (κ1) is 36.9. The number of hydrogen-bond acceptors (Lipinski definition) is 8. The van der Waals surface area contributed by atoms with Crippen molar-refractivity contribution in [1.82, 2.24) is 5.06 Å². The molecule has 2 aliphatic heterocycles. The lowest BCUT2D eigenvalue weighted by Crippen LogP contribution is -2.34. The van der Waals surface area contributed by atoms with E-state index in [9.17, 15) is 23.2 Å². The third-order valence-corrected chi connectivity index (χ3v) is 7.65. The predicted molar refractivity (Wildman–Crippen MR) is 175 cm³/mol. The van der Waals surface area contributed by atoms with Crippen LogP contribution in [0.5, 0.6) is 5.75 Å². The molecule has 2 aliphatic rings. The number of hydrogen-bond donors (Lipinski definition) is 4. The minimum absolute atomic E-state index is 0.0693. The van der Waals surface area contributed by atoms with Gasteiger partial charge in [0, 0.05) is 60.1 Å². The SMILES string of the molecule is CNc1ccc2c(c1)NC(=O)CCCCC(C1C=CC(c3cc(Cl)ccc3OC(F)(F)F)=CN1O)c1cccc-2c1.CO.COC=O. The highest BCUT2D eigenvalue weighted by molar-refractivity contribution is 6.30. The summed E-state index contributed by atoms with van der Waals surface area (Å²) in [6.45, 7) is 0.375. The second-order valence-corrected chi connectivity index (χ2v) is 10.8. The first-order valence-electron chi connectivity index (χ1n) is 14.6. The molecule has 2 unspecified atom stereocenters. The fourth-order valence-electron chi connectivity index (χ4n) is 5.37. The van der Waals surface area contributed by atoms with Crippen molar-refractivity contribution in [2.75, 3.05) is 31.9 Å². The summed E-state index contributed by atoms with van der Waals surface area (Å²) in [5.74, 6) is -0.649. The van der Waals surface area contributed by atoms with Crippen LogP contribution in [0, 0.1) is 0 Å². The second kappa shape index (κ2) is 17.4. The molecule has 13 heteroatoms. The molecule has 2 bridgehead atoms. The molecule has 0 saturated carbocycles. The summed E-state index contributed by atoms with van der Waals surface area (Å²) in [5.41, 5.74) is 4.79. The van der Waals surface area contributed by atoms with Crippen LogP contribution in [0.4, 0.5) is 24.5 Å². The predicted octanol–water partition coefficient (Wildman–Crippen LogP) is 7.61. The van der Waals surface area contributed by atoms with E-state index < -0.39 is 18.2 Å². The van der Waals surface area contributed by atoms with Gasteiger partial charge in [-0.3, -0.25) is 19.9 Å². The van der Waals surface area contributed by atoms with E-state index in [-0.39, 0.29) is 22.4 Å². The van der Waals surface area contributed by atoms with Gasteiger partial charge in [-0.05, 0) is 54.3 Å². The number of carbonyl (C=O) groups excluding carboxylic acids is 2. The molecule has 2 atom stereocenters. The summed E-state index contributed by atoms with van der Waals surface area (Å²) >= 11 is 6.09. The number of fused-ring (bicyclic) bond motifs is 4. The summed E-state index contributed by atoms with van der Waals surface area (Å²) in [5, 5.41) is 25.6. The van der Waals surface area contributed by atoms with Crippen LogP contribution in [0.25, 0.3) is 16.7 Å². The number of halogens is 4. The minimum Gasteiger partial charge on any atom is -0.471 e. The highest BCUT2D eigenvalue weighted by Crippen LogP contribution is 2.40. The van der Waals surface area contributed by atoms with Crippen LogP contribution in [0.15, 0.2) is 79.0 Å². The number of aliphatic hydroxyl groups is 1. The smallest absolute Gasteiger partial charge is 0.471 e. The van der Waals surface area contributed by atoms with Crippen LogP contribution in [0.2, 0.25) is 5.02 Å². The van der Waals surface area contributed by atoms with Gasteiger partial charge in [0.1, 0.15) is 5.75 Å². The normalized spacial score (nSPS) is 17.4. The number of nitrogens with zero attached hydrogens (tertiary/aromatic N) is 1. The first-order valence-corrected chi connectivity index (χ1v) is 15.0. The number of allylic oxidation sites excluding steroid dienone is 2. The number of rotatable bonds is 5. The number of ether oxygens (including phenoxy) is 2. The zero-order valence-corrected chi connectivity index (χ0v) is 26.8. The Morgan fingerprint density at radius 2 is 1.81 bits per heavy atom. The molecular formula is C34H37ClF3N3O6. The van der Waals surface area contributed by atoms with Crippen LogP contribution < -0.4 is 15.4 Å². The highest BCUT2D eigenvalue weighted by Gasteiger charge is 2.33. The van der Waals surface area contributed by atoms with E-state index in [1.54, 1.807) is 12.2 Å². The maximum atomic E-state index is 13.0. The van der Waals surface area contributed by atoms with Gasteiger partial charge < -0.3 is 25.2 Å². The molecule has 2 heterocycles. The second-order valence-electron chi connectivity index (χ2n) is 10.4. The van der Waals surface area contributed by atoms with Gasteiger partial charge in [0.15, 0.2) is 0 Å². The number of alkyl halides is 3. The molecule has 0 fully saturated rings. The van der Waals surface area contributed by atoms with Crippen molar-refractivity contribution in [2.24, 2.45) is 0 Å². The average Bonchev–Trinajstić information content (AvgIpc) is 3.06. The molecule has 3 aromatic carbocycles. The molecule has 9 nitrogen and oxygen atoms in total. The number of anilines is 2. The fraction of sp³-hybridized carbons (Fsp3) is 0.294. The van der Waals surface area contributed by atoms with Crippen LogP contribution in [0.1, 0.15) is 42.7 Å². The van der Waals surface area contributed by atoms with E-state index in [1.807, 2.05) is 43.4 Å². The van der Waals surface area contributed by atoms with E-state index in [0.717, 1.165) is 47.0 Å². The average molecular weight is 676 g/mol. The van der Waals surface area contributed by atoms with Gasteiger partial charge in [0.25, 0.3) is 6.47 Å². The standard InChI is InChI=1S/C31H29ClF3N3O3.C2H4O2.CH4O/c1-36-23-11-12-24-19-5-4-6-20(15-19)25(7-2-3-8-30(39)37-27(24)17-23)28-13-9-21(18-38(28)40)26-16-22(32)10-14-29(26)41-31(33,34)35;1-4-2-3;1-2/h4-6,9-18,25,28,36,40H,2-3,7-8H2,1H3,(H,37,39);2H,1H3;2H,1H3. The maximum absolute atomic E-state index is 13.0. The Balaban J connectivity index is 0.000000930. The molecule has 47 heavy (non-hydrogen) atoms. The van der Waals surface area contributed by atoms with Crippen LogP contribution in [-0.4, -0.2) is 61.4 Å². The van der Waals surface area contributed by atoms with Crippen molar-refractivity contribution >= 4 is 40.9 Å². The Hall–Kier alpha value is -4.52. The van der Waals surface area contributed by atoms with Crippen molar-refractivity contribution < 1.29 is 42.5 Å². The summed E-state index contributed by atoms with van der Waals surface area (Å²) in [6.07, 6.45) is 2.38. The van der Waals surface area contributed by atoms with E-state index >= 15 is 0 Å². The highest BCUT2D eigenvalue weighted by atomic mass is 35.5. The van der Waals surface area contributed by atoms with Gasteiger partial charge in [-0.2, -0.15) is 0 Å². The molecule has 3 aromatic rings. The lowest BCUT2D eigenvalue weighted by molar-refractivity contribution is -0.274. The lowest BCUT2D eigenvalue weighted by Gasteiger charge is -2.34. The van der Waals surface area contributed by atoms with Gasteiger partial charge in [-0.25, -0.2) is 0 Å². The topological polar surface area (TPSA) is 120 Å². The van der Waals surface area contributed by atoms with Gasteiger partial charge in [0.05, 0.1) is 18.8 Å². The molecule has 5 rings (SSSR count). The number of nitrogens with one attached hydrogen (secondary N) is 2. The fourth-order valence-corrected chi connectivity index (χ4v) is 5.54. The molecule has 0 aromatic heterocycles. The minimum atomic E-state index is -4.88.